The number of thiophene rings is 2. The summed E-state index contributed by atoms with van der Waals surface area (Å²) in [6.45, 7) is 0. The molecule has 0 aliphatic carbocycles. The van der Waals surface area contributed by atoms with Crippen molar-refractivity contribution in [3.05, 3.63) is 170 Å². The van der Waals surface area contributed by atoms with Gasteiger partial charge in [0.15, 0.2) is 0 Å². The third-order valence-corrected chi connectivity index (χ3v) is 12.7. The highest BCUT2D eigenvalue weighted by Gasteiger charge is 2.18. The average Bonchev–Trinajstić information content (AvgIpc) is 3.73. The van der Waals surface area contributed by atoms with Gasteiger partial charge in [-0.2, -0.15) is 0 Å². The minimum Gasteiger partial charge on any atom is -0.135 e. The van der Waals surface area contributed by atoms with Crippen LogP contribution in [-0.2, 0) is 0 Å². The Labute approximate surface area is 297 Å². The lowest BCUT2D eigenvalue weighted by molar-refractivity contribution is 1.66. The van der Waals surface area contributed by atoms with Gasteiger partial charge < -0.3 is 0 Å². The van der Waals surface area contributed by atoms with E-state index >= 15 is 0 Å². The van der Waals surface area contributed by atoms with E-state index < -0.39 is 0 Å². The Morgan fingerprint density at radius 2 is 0.780 bits per heavy atom. The summed E-state index contributed by atoms with van der Waals surface area (Å²) in [5.74, 6) is 0. The van der Waals surface area contributed by atoms with Gasteiger partial charge in [-0.3, -0.25) is 0 Å². The van der Waals surface area contributed by atoms with Crippen LogP contribution in [0.5, 0.6) is 0 Å². The maximum Gasteiger partial charge on any atom is 0.0362 e. The maximum absolute atomic E-state index is 2.42. The number of hydrogen-bond acceptors (Lipinski definition) is 2. The highest BCUT2D eigenvalue weighted by atomic mass is 32.1. The Morgan fingerprint density at radius 3 is 1.48 bits per heavy atom. The fourth-order valence-corrected chi connectivity index (χ4v) is 10.5. The first kappa shape index (κ1) is 28.1. The van der Waals surface area contributed by atoms with Crippen LogP contribution in [0.1, 0.15) is 0 Å². The van der Waals surface area contributed by atoms with Crippen molar-refractivity contribution in [2.75, 3.05) is 0 Å². The fraction of sp³-hybridized carbons (Fsp3) is 0. The zero-order valence-corrected chi connectivity index (χ0v) is 28.6. The zero-order chi connectivity index (χ0) is 32.8. The van der Waals surface area contributed by atoms with E-state index in [1.165, 1.54) is 106 Å². The van der Waals surface area contributed by atoms with Gasteiger partial charge in [-0.15, -0.1) is 22.7 Å². The molecule has 2 aromatic heterocycles. The molecule has 0 nitrogen and oxygen atoms in total. The Balaban J connectivity index is 1.09. The third kappa shape index (κ3) is 4.16. The molecule has 11 rings (SSSR count). The van der Waals surface area contributed by atoms with Crippen LogP contribution in [0.3, 0.4) is 0 Å². The maximum atomic E-state index is 2.42. The summed E-state index contributed by atoms with van der Waals surface area (Å²) in [4.78, 5) is 0. The first-order chi connectivity index (χ1) is 24.8. The molecule has 0 spiro atoms. The zero-order valence-electron chi connectivity index (χ0n) is 27.0. The molecule has 0 aliphatic heterocycles. The summed E-state index contributed by atoms with van der Waals surface area (Å²) >= 11 is 3.79. The molecule has 2 heteroatoms. The predicted molar refractivity (Wildman–Crippen MR) is 221 cm³/mol. The summed E-state index contributed by atoms with van der Waals surface area (Å²) < 4.78 is 5.33. The monoisotopic (exact) mass is 668 g/mol. The Hall–Kier alpha value is -5.80. The summed E-state index contributed by atoms with van der Waals surface area (Å²) in [7, 11) is 0. The summed E-state index contributed by atoms with van der Waals surface area (Å²) in [6.07, 6.45) is 0. The van der Waals surface area contributed by atoms with Crippen molar-refractivity contribution in [2.45, 2.75) is 0 Å². The van der Waals surface area contributed by atoms with E-state index in [4.69, 9.17) is 0 Å². The first-order valence-corrected chi connectivity index (χ1v) is 18.7. The molecule has 0 amide bonds. The van der Waals surface area contributed by atoms with Gasteiger partial charge >= 0.3 is 0 Å². The Morgan fingerprint density at radius 1 is 0.260 bits per heavy atom. The number of fused-ring (bicyclic) bond motifs is 9. The van der Waals surface area contributed by atoms with Crippen LogP contribution in [0.2, 0.25) is 0 Å². The van der Waals surface area contributed by atoms with Crippen LogP contribution >= 0.6 is 22.7 Å². The SMILES string of the molecule is c1ccc(-c2c3ccccc3c(-c3ccc4c(c3)sc3cc(-c5cccc6cc7c(cc56)sc5ccccc57)ccc34)c3ccccc23)cc1. The molecule has 11 aromatic rings. The molecule has 50 heavy (non-hydrogen) atoms. The van der Waals surface area contributed by atoms with E-state index in [-0.39, 0.29) is 0 Å². The van der Waals surface area contributed by atoms with Crippen molar-refractivity contribution < 1.29 is 0 Å². The van der Waals surface area contributed by atoms with Crippen LogP contribution in [0, 0.1) is 0 Å². The molecule has 232 valence electrons. The topological polar surface area (TPSA) is 0 Å². The van der Waals surface area contributed by atoms with Crippen molar-refractivity contribution in [3.63, 3.8) is 0 Å². The number of rotatable bonds is 3. The van der Waals surface area contributed by atoms with Crippen molar-refractivity contribution >= 4 is 95.3 Å². The van der Waals surface area contributed by atoms with Gasteiger partial charge in [0.25, 0.3) is 0 Å². The number of benzene rings is 9. The first-order valence-electron chi connectivity index (χ1n) is 17.1. The van der Waals surface area contributed by atoms with E-state index in [0.717, 1.165) is 0 Å². The standard InChI is InChI=1S/C48H28S2/c1-2-11-29(12-3-1)47-37-15-4-6-17-39(37)48(40-18-7-5-16-38(40)47)32-22-24-36-35-23-21-31(26-44(35)50-45(36)27-32)33-19-10-13-30-25-42-34-14-8-9-20-43(34)49-46(42)28-41(30)33/h1-28H. The second kappa shape index (κ2) is 10.9. The lowest BCUT2D eigenvalue weighted by Gasteiger charge is -2.17. The molecule has 2 heterocycles. The molecule has 0 saturated heterocycles. The molecule has 0 saturated carbocycles. The van der Waals surface area contributed by atoms with E-state index in [9.17, 15) is 0 Å². The van der Waals surface area contributed by atoms with Crippen molar-refractivity contribution in [2.24, 2.45) is 0 Å². The van der Waals surface area contributed by atoms with Crippen molar-refractivity contribution in [1.29, 1.82) is 0 Å². The largest absolute Gasteiger partial charge is 0.135 e. The van der Waals surface area contributed by atoms with E-state index in [1.807, 2.05) is 22.7 Å². The molecule has 0 fully saturated rings. The Bertz CT molecular complexity index is 3080. The Kier molecular flexibility index (Phi) is 6.09. The highest BCUT2D eigenvalue weighted by molar-refractivity contribution is 7.26. The van der Waals surface area contributed by atoms with Crippen LogP contribution in [0.4, 0.5) is 0 Å². The summed E-state index contributed by atoms with van der Waals surface area (Å²) in [5.41, 5.74) is 7.68. The molecule has 0 unspecified atom stereocenters. The number of hydrogen-bond donors (Lipinski definition) is 0. The fourth-order valence-electron chi connectivity index (χ4n) is 8.20. The molecule has 0 aliphatic rings. The van der Waals surface area contributed by atoms with Gasteiger partial charge in [0, 0.05) is 40.3 Å². The van der Waals surface area contributed by atoms with Crippen LogP contribution < -0.4 is 0 Å². The lowest BCUT2D eigenvalue weighted by Crippen LogP contribution is -1.90. The molecule has 0 atom stereocenters. The molecule has 0 N–H and O–H groups in total. The van der Waals surface area contributed by atoms with E-state index in [0.29, 0.717) is 0 Å². The van der Waals surface area contributed by atoms with Crippen molar-refractivity contribution in [3.8, 4) is 33.4 Å². The lowest BCUT2D eigenvalue weighted by atomic mass is 9.86. The second-order valence-electron chi connectivity index (χ2n) is 13.2. The van der Waals surface area contributed by atoms with Crippen LogP contribution in [0.25, 0.3) is 106 Å². The smallest absolute Gasteiger partial charge is 0.0362 e. The second-order valence-corrected chi connectivity index (χ2v) is 15.4. The normalized spacial score (nSPS) is 12.0. The average molecular weight is 669 g/mol. The van der Waals surface area contributed by atoms with Crippen LogP contribution in [-0.4, -0.2) is 0 Å². The molecule has 0 bridgehead atoms. The van der Waals surface area contributed by atoms with Gasteiger partial charge in [0.05, 0.1) is 0 Å². The van der Waals surface area contributed by atoms with Crippen LogP contribution in [0.15, 0.2) is 170 Å². The minimum atomic E-state index is 1.25. The third-order valence-electron chi connectivity index (χ3n) is 10.4. The van der Waals surface area contributed by atoms with E-state index in [1.54, 1.807) is 0 Å². The minimum absolute atomic E-state index is 1.25. The van der Waals surface area contributed by atoms with Crippen molar-refractivity contribution in [1.82, 2.24) is 0 Å². The highest BCUT2D eigenvalue weighted by Crippen LogP contribution is 2.46. The molecular formula is C48H28S2. The van der Waals surface area contributed by atoms with Gasteiger partial charge in [0.2, 0.25) is 0 Å². The van der Waals surface area contributed by atoms with Gasteiger partial charge in [-0.1, -0.05) is 140 Å². The van der Waals surface area contributed by atoms with Gasteiger partial charge in [0.1, 0.15) is 0 Å². The molecule has 9 aromatic carbocycles. The van der Waals surface area contributed by atoms with E-state index in [2.05, 4.69) is 170 Å². The quantitative estimate of drug-likeness (QED) is 0.164. The van der Waals surface area contributed by atoms with Gasteiger partial charge in [-0.05, 0) is 96.0 Å². The summed E-state index contributed by atoms with van der Waals surface area (Å²) in [5, 5.41) is 13.1. The molecular weight excluding hydrogens is 641 g/mol. The predicted octanol–water partition coefficient (Wildman–Crippen LogP) is 14.9. The summed E-state index contributed by atoms with van der Waals surface area (Å²) in [6, 6.07) is 63.1. The molecule has 0 radical (unpaired) electrons. The van der Waals surface area contributed by atoms with Gasteiger partial charge in [-0.25, -0.2) is 0 Å².